The van der Waals surface area contributed by atoms with Gasteiger partial charge < -0.3 is 15.2 Å². The lowest BCUT2D eigenvalue weighted by atomic mass is 9.82. The van der Waals surface area contributed by atoms with Crippen molar-refractivity contribution in [3.63, 3.8) is 0 Å². The fraction of sp³-hybridized carbons (Fsp3) is 0.500. The van der Waals surface area contributed by atoms with E-state index in [2.05, 4.69) is 5.32 Å². The Kier molecular flexibility index (Phi) is 4.33. The first-order chi connectivity index (χ1) is 8.76. The number of piperidine rings is 1. The molecule has 4 nitrogen and oxygen atoms in total. The molecule has 1 fully saturated rings. The summed E-state index contributed by atoms with van der Waals surface area (Å²) < 4.78 is 4.87. The van der Waals surface area contributed by atoms with E-state index in [0.29, 0.717) is 6.42 Å². The Morgan fingerprint density at radius 2 is 2.17 bits per heavy atom. The number of aliphatic hydroxyl groups is 1. The van der Waals surface area contributed by atoms with Crippen LogP contribution in [0.15, 0.2) is 30.3 Å². The van der Waals surface area contributed by atoms with Crippen molar-refractivity contribution in [1.82, 2.24) is 5.32 Å². The van der Waals surface area contributed by atoms with E-state index in [4.69, 9.17) is 4.74 Å². The average Bonchev–Trinajstić information content (AvgIpc) is 2.46. The van der Waals surface area contributed by atoms with Crippen molar-refractivity contribution in [1.29, 1.82) is 0 Å². The van der Waals surface area contributed by atoms with Gasteiger partial charge in [0.15, 0.2) is 0 Å². The van der Waals surface area contributed by atoms with Gasteiger partial charge in [-0.15, -0.1) is 0 Å². The zero-order chi connectivity index (χ0) is 13.0. The summed E-state index contributed by atoms with van der Waals surface area (Å²) in [6.45, 7) is 0.825. The lowest BCUT2D eigenvalue weighted by Crippen LogP contribution is -2.44. The van der Waals surface area contributed by atoms with Crippen LogP contribution in [0.4, 0.5) is 0 Å². The quantitative estimate of drug-likeness (QED) is 0.788. The molecular formula is C14H19NO3. The van der Waals surface area contributed by atoms with Crippen LogP contribution in [0.2, 0.25) is 0 Å². The molecule has 0 bridgehead atoms. The molecule has 1 aromatic carbocycles. The summed E-state index contributed by atoms with van der Waals surface area (Å²) >= 11 is 0. The molecule has 0 aliphatic carbocycles. The van der Waals surface area contributed by atoms with Gasteiger partial charge in [-0.2, -0.15) is 0 Å². The molecule has 2 N–H and O–H groups in total. The first kappa shape index (κ1) is 13.1. The second-order valence-electron chi connectivity index (χ2n) is 4.71. The topological polar surface area (TPSA) is 58.6 Å². The molecule has 0 aromatic heterocycles. The molecule has 2 unspecified atom stereocenters. The van der Waals surface area contributed by atoms with Gasteiger partial charge in [0.05, 0.1) is 13.0 Å². The van der Waals surface area contributed by atoms with E-state index in [-0.39, 0.29) is 30.5 Å². The SMILES string of the molecule is COC(=O)C1C[C@@H](CO)CNC1c1ccccc1. The normalized spacial score (nSPS) is 27.8. The third kappa shape index (κ3) is 2.71. The highest BCUT2D eigenvalue weighted by molar-refractivity contribution is 5.73. The minimum absolute atomic E-state index is 0.0264. The van der Waals surface area contributed by atoms with Crippen LogP contribution in [-0.4, -0.2) is 31.3 Å². The molecule has 0 radical (unpaired) electrons. The van der Waals surface area contributed by atoms with Crippen molar-refractivity contribution in [3.05, 3.63) is 35.9 Å². The molecule has 1 saturated heterocycles. The van der Waals surface area contributed by atoms with Crippen LogP contribution in [0.1, 0.15) is 18.0 Å². The number of benzene rings is 1. The Morgan fingerprint density at radius 1 is 1.44 bits per heavy atom. The number of nitrogens with one attached hydrogen (secondary N) is 1. The molecule has 1 aliphatic rings. The highest BCUT2D eigenvalue weighted by Gasteiger charge is 2.36. The fourth-order valence-electron chi connectivity index (χ4n) is 2.55. The number of ether oxygens (including phenoxy) is 1. The van der Waals surface area contributed by atoms with E-state index in [0.717, 1.165) is 12.1 Å². The van der Waals surface area contributed by atoms with Gasteiger partial charge in [-0.05, 0) is 17.9 Å². The van der Waals surface area contributed by atoms with Crippen LogP contribution >= 0.6 is 0 Å². The van der Waals surface area contributed by atoms with Crippen molar-refractivity contribution in [2.75, 3.05) is 20.3 Å². The minimum atomic E-state index is -0.233. The van der Waals surface area contributed by atoms with Crippen LogP contribution < -0.4 is 5.32 Å². The molecule has 1 aromatic rings. The summed E-state index contributed by atoms with van der Waals surface area (Å²) in [5.41, 5.74) is 1.09. The lowest BCUT2D eigenvalue weighted by Gasteiger charge is -2.35. The predicted molar refractivity (Wildman–Crippen MR) is 67.9 cm³/mol. The van der Waals surface area contributed by atoms with Crippen LogP contribution in [0, 0.1) is 11.8 Å². The number of methoxy groups -OCH3 is 1. The highest BCUT2D eigenvalue weighted by Crippen LogP contribution is 2.32. The van der Waals surface area contributed by atoms with Crippen molar-refractivity contribution in [2.45, 2.75) is 12.5 Å². The zero-order valence-electron chi connectivity index (χ0n) is 10.5. The Bertz CT molecular complexity index is 393. The molecule has 2 rings (SSSR count). The van der Waals surface area contributed by atoms with E-state index < -0.39 is 0 Å². The standard InChI is InChI=1S/C14H19NO3/c1-18-14(17)12-7-10(9-16)8-15-13(12)11-5-3-2-4-6-11/h2-6,10,12-13,15-16H,7-9H2,1H3/t10-,12?,13?/m1/s1. The molecular weight excluding hydrogens is 230 g/mol. The van der Waals surface area contributed by atoms with Crippen molar-refractivity contribution in [3.8, 4) is 0 Å². The Balaban J connectivity index is 2.20. The van der Waals surface area contributed by atoms with E-state index in [1.165, 1.54) is 7.11 Å². The van der Waals surface area contributed by atoms with Gasteiger partial charge >= 0.3 is 5.97 Å². The van der Waals surface area contributed by atoms with Gasteiger partial charge in [-0.25, -0.2) is 0 Å². The number of carbonyl (C=O) groups excluding carboxylic acids is 1. The summed E-state index contributed by atoms with van der Waals surface area (Å²) in [7, 11) is 1.41. The average molecular weight is 249 g/mol. The molecule has 0 spiro atoms. The first-order valence-electron chi connectivity index (χ1n) is 6.23. The highest BCUT2D eigenvalue weighted by atomic mass is 16.5. The van der Waals surface area contributed by atoms with Crippen molar-refractivity contribution >= 4 is 5.97 Å². The monoisotopic (exact) mass is 249 g/mol. The van der Waals surface area contributed by atoms with Crippen LogP contribution in [-0.2, 0) is 9.53 Å². The Morgan fingerprint density at radius 3 is 2.78 bits per heavy atom. The zero-order valence-corrected chi connectivity index (χ0v) is 10.5. The number of aliphatic hydroxyl groups excluding tert-OH is 1. The lowest BCUT2D eigenvalue weighted by molar-refractivity contribution is -0.148. The second-order valence-corrected chi connectivity index (χ2v) is 4.71. The smallest absolute Gasteiger partial charge is 0.310 e. The number of carbonyl (C=O) groups is 1. The third-order valence-corrected chi connectivity index (χ3v) is 3.54. The van der Waals surface area contributed by atoms with Gasteiger partial charge in [0.25, 0.3) is 0 Å². The van der Waals surface area contributed by atoms with Crippen molar-refractivity contribution in [2.24, 2.45) is 11.8 Å². The van der Waals surface area contributed by atoms with Gasteiger partial charge in [-0.1, -0.05) is 30.3 Å². The maximum absolute atomic E-state index is 11.9. The molecule has 0 amide bonds. The third-order valence-electron chi connectivity index (χ3n) is 3.54. The molecule has 0 saturated carbocycles. The maximum atomic E-state index is 11.9. The summed E-state index contributed by atoms with van der Waals surface area (Å²) in [5, 5.41) is 12.6. The molecule has 98 valence electrons. The van der Waals surface area contributed by atoms with Gasteiger partial charge in [-0.3, -0.25) is 4.79 Å². The summed E-state index contributed by atoms with van der Waals surface area (Å²) in [5.74, 6) is -0.327. The number of rotatable bonds is 3. The van der Waals surface area contributed by atoms with Gasteiger partial charge in [0.1, 0.15) is 0 Å². The Hall–Kier alpha value is -1.39. The van der Waals surface area contributed by atoms with E-state index >= 15 is 0 Å². The van der Waals surface area contributed by atoms with Crippen LogP contribution in [0.25, 0.3) is 0 Å². The largest absolute Gasteiger partial charge is 0.469 e. The summed E-state index contributed by atoms with van der Waals surface area (Å²) in [6, 6.07) is 9.87. The van der Waals surface area contributed by atoms with Crippen LogP contribution in [0.5, 0.6) is 0 Å². The number of hydrogen-bond acceptors (Lipinski definition) is 4. The maximum Gasteiger partial charge on any atom is 0.310 e. The van der Waals surface area contributed by atoms with E-state index in [1.807, 2.05) is 30.3 Å². The van der Waals surface area contributed by atoms with E-state index in [9.17, 15) is 9.90 Å². The Labute approximate surface area is 107 Å². The fourth-order valence-corrected chi connectivity index (χ4v) is 2.55. The molecule has 4 heteroatoms. The van der Waals surface area contributed by atoms with Crippen molar-refractivity contribution < 1.29 is 14.6 Å². The number of esters is 1. The minimum Gasteiger partial charge on any atom is -0.469 e. The predicted octanol–water partition coefficient (Wildman–Crippen LogP) is 1.12. The van der Waals surface area contributed by atoms with Gasteiger partial charge in [0.2, 0.25) is 0 Å². The molecule has 1 aliphatic heterocycles. The summed E-state index contributed by atoms with van der Waals surface area (Å²) in [6.07, 6.45) is 0.662. The molecule has 1 heterocycles. The molecule has 18 heavy (non-hydrogen) atoms. The van der Waals surface area contributed by atoms with E-state index in [1.54, 1.807) is 0 Å². The number of hydrogen-bond donors (Lipinski definition) is 2. The van der Waals surface area contributed by atoms with Crippen LogP contribution in [0.3, 0.4) is 0 Å². The summed E-state index contributed by atoms with van der Waals surface area (Å²) in [4.78, 5) is 11.9. The second kappa shape index (κ2) is 5.98. The molecule has 3 atom stereocenters. The first-order valence-corrected chi connectivity index (χ1v) is 6.23. The van der Waals surface area contributed by atoms with Gasteiger partial charge in [0, 0.05) is 19.2 Å².